The Morgan fingerprint density at radius 3 is 2.59 bits per heavy atom. The van der Waals surface area contributed by atoms with E-state index < -0.39 is 40.6 Å². The van der Waals surface area contributed by atoms with E-state index in [0.29, 0.717) is 23.0 Å². The van der Waals surface area contributed by atoms with E-state index >= 15 is 0 Å². The number of imide groups is 1. The molecule has 1 unspecified atom stereocenters. The molecule has 0 saturated carbocycles. The molecule has 4 rings (SSSR count). The van der Waals surface area contributed by atoms with E-state index in [9.17, 15) is 28.0 Å². The fraction of sp³-hybridized carbons (Fsp3) is 0.227. The number of para-hydroxylation sites is 1. The molecule has 1 aromatic heterocycles. The number of urea groups is 1. The van der Waals surface area contributed by atoms with Gasteiger partial charge in [-0.25, -0.2) is 18.6 Å². The van der Waals surface area contributed by atoms with Crippen LogP contribution >= 0.6 is 11.8 Å². The minimum atomic E-state index is -1.13. The predicted molar refractivity (Wildman–Crippen MR) is 120 cm³/mol. The van der Waals surface area contributed by atoms with Gasteiger partial charge in [-0.3, -0.25) is 24.4 Å². The number of hydrogen-bond acceptors (Lipinski definition) is 6. The molecule has 3 aromatic rings. The van der Waals surface area contributed by atoms with Gasteiger partial charge in [0.1, 0.15) is 17.2 Å². The van der Waals surface area contributed by atoms with Crippen LogP contribution in [0, 0.1) is 11.6 Å². The molecule has 9 nitrogen and oxygen atoms in total. The van der Waals surface area contributed by atoms with Crippen molar-refractivity contribution in [3.05, 3.63) is 64.5 Å². The highest BCUT2D eigenvalue weighted by Gasteiger charge is 2.47. The zero-order chi connectivity index (χ0) is 24.6. The van der Waals surface area contributed by atoms with E-state index in [0.717, 1.165) is 28.5 Å². The van der Waals surface area contributed by atoms with Crippen LogP contribution in [0.15, 0.2) is 52.4 Å². The molecule has 12 heteroatoms. The highest BCUT2D eigenvalue weighted by molar-refractivity contribution is 7.99. The van der Waals surface area contributed by atoms with Crippen LogP contribution < -0.4 is 16.3 Å². The van der Waals surface area contributed by atoms with Gasteiger partial charge in [0.15, 0.2) is 5.16 Å². The Morgan fingerprint density at radius 2 is 1.91 bits per heavy atom. The van der Waals surface area contributed by atoms with Crippen LogP contribution in [0.3, 0.4) is 0 Å². The Balaban J connectivity index is 1.64. The summed E-state index contributed by atoms with van der Waals surface area (Å²) in [6, 6.07) is 8.38. The SMILES string of the molecule is CCC1(C)NC(=O)N(NC(=O)CSc2nc3ccccc3c(=O)n2-c2ccc(F)cc2F)C1=O. The maximum Gasteiger partial charge on any atom is 0.344 e. The maximum atomic E-state index is 14.6. The average Bonchev–Trinajstić information content (AvgIpc) is 3.02. The number of hydrogen-bond donors (Lipinski definition) is 2. The summed E-state index contributed by atoms with van der Waals surface area (Å²) in [6.07, 6.45) is 0.329. The van der Waals surface area contributed by atoms with Crippen LogP contribution in [0.4, 0.5) is 13.6 Å². The predicted octanol–water partition coefficient (Wildman–Crippen LogP) is 2.51. The van der Waals surface area contributed by atoms with Gasteiger partial charge in [-0.2, -0.15) is 5.01 Å². The van der Waals surface area contributed by atoms with Gasteiger partial charge >= 0.3 is 6.03 Å². The van der Waals surface area contributed by atoms with Gasteiger partial charge in [-0.1, -0.05) is 30.8 Å². The van der Waals surface area contributed by atoms with Crippen molar-refractivity contribution in [3.63, 3.8) is 0 Å². The number of amides is 4. The van der Waals surface area contributed by atoms with Crippen molar-refractivity contribution >= 4 is 40.5 Å². The number of nitrogens with zero attached hydrogens (tertiary/aromatic N) is 3. The summed E-state index contributed by atoms with van der Waals surface area (Å²) in [5.41, 5.74) is 0.595. The second kappa shape index (κ2) is 8.86. The Labute approximate surface area is 196 Å². The van der Waals surface area contributed by atoms with Crippen LogP contribution in [-0.2, 0) is 9.59 Å². The molecule has 2 heterocycles. The smallest absolute Gasteiger partial charge is 0.322 e. The van der Waals surface area contributed by atoms with Crippen molar-refractivity contribution in [2.24, 2.45) is 0 Å². The number of carbonyl (C=O) groups is 3. The van der Waals surface area contributed by atoms with Gasteiger partial charge in [0.2, 0.25) is 5.91 Å². The second-order valence-electron chi connectivity index (χ2n) is 7.73. The molecule has 1 aliphatic heterocycles. The van der Waals surface area contributed by atoms with Gasteiger partial charge in [-0.15, -0.1) is 0 Å². The van der Waals surface area contributed by atoms with E-state index in [2.05, 4.69) is 15.7 Å². The Hall–Kier alpha value is -3.80. The number of thioether (sulfide) groups is 1. The van der Waals surface area contributed by atoms with Crippen molar-refractivity contribution in [2.45, 2.75) is 31.0 Å². The lowest BCUT2D eigenvalue weighted by Gasteiger charge is -2.19. The largest absolute Gasteiger partial charge is 0.344 e. The molecule has 34 heavy (non-hydrogen) atoms. The molecule has 0 radical (unpaired) electrons. The molecule has 1 aliphatic rings. The zero-order valence-corrected chi connectivity index (χ0v) is 18.9. The maximum absolute atomic E-state index is 14.6. The average molecular weight is 487 g/mol. The van der Waals surface area contributed by atoms with E-state index in [4.69, 9.17) is 0 Å². The Bertz CT molecular complexity index is 1400. The van der Waals surface area contributed by atoms with Gasteiger partial charge < -0.3 is 5.32 Å². The normalized spacial score (nSPS) is 17.8. The summed E-state index contributed by atoms with van der Waals surface area (Å²) < 4.78 is 29.0. The summed E-state index contributed by atoms with van der Waals surface area (Å²) in [6.45, 7) is 3.27. The number of hydrazine groups is 1. The van der Waals surface area contributed by atoms with E-state index in [1.54, 1.807) is 32.0 Å². The lowest BCUT2D eigenvalue weighted by molar-refractivity contribution is -0.137. The third-order valence-electron chi connectivity index (χ3n) is 5.43. The van der Waals surface area contributed by atoms with Crippen molar-refractivity contribution in [1.29, 1.82) is 0 Å². The monoisotopic (exact) mass is 487 g/mol. The van der Waals surface area contributed by atoms with Gasteiger partial charge in [0.05, 0.1) is 22.3 Å². The quantitative estimate of drug-likeness (QED) is 0.314. The van der Waals surface area contributed by atoms with Gasteiger partial charge in [-0.05, 0) is 37.6 Å². The minimum absolute atomic E-state index is 0.0278. The topological polar surface area (TPSA) is 113 Å². The molecule has 0 bridgehead atoms. The summed E-state index contributed by atoms with van der Waals surface area (Å²) in [5, 5.41) is 3.30. The number of halogens is 2. The summed E-state index contributed by atoms with van der Waals surface area (Å²) in [4.78, 5) is 54.6. The standard InChI is InChI=1S/C22H19F2N5O4S/c1-3-22(2)19(32)29(20(33)26-22)27-17(30)11-34-21-25-15-7-5-4-6-13(15)18(31)28(21)16-9-8-12(23)10-14(16)24/h4-10H,3,11H2,1-2H3,(H,26,33)(H,27,30). The van der Waals surface area contributed by atoms with Gasteiger partial charge in [0.25, 0.3) is 11.5 Å². The van der Waals surface area contributed by atoms with Crippen LogP contribution in [0.2, 0.25) is 0 Å². The lowest BCUT2D eigenvalue weighted by Crippen LogP contribution is -2.49. The highest BCUT2D eigenvalue weighted by atomic mass is 32.2. The molecule has 0 aliphatic carbocycles. The highest BCUT2D eigenvalue weighted by Crippen LogP contribution is 2.24. The minimum Gasteiger partial charge on any atom is -0.322 e. The molecule has 1 fully saturated rings. The number of fused-ring (bicyclic) bond motifs is 1. The molecule has 176 valence electrons. The first-order valence-electron chi connectivity index (χ1n) is 10.2. The third-order valence-corrected chi connectivity index (χ3v) is 6.37. The third kappa shape index (κ3) is 4.12. The number of nitrogens with one attached hydrogen (secondary N) is 2. The number of benzene rings is 2. The Kier molecular flexibility index (Phi) is 6.09. The van der Waals surface area contributed by atoms with Crippen LogP contribution in [0.25, 0.3) is 16.6 Å². The Morgan fingerprint density at radius 1 is 1.18 bits per heavy atom. The second-order valence-corrected chi connectivity index (χ2v) is 8.67. The van der Waals surface area contributed by atoms with E-state index in [-0.39, 0.29) is 22.0 Å². The molecule has 0 spiro atoms. The number of carbonyl (C=O) groups excluding carboxylic acids is 3. The van der Waals surface area contributed by atoms with E-state index in [1.165, 1.54) is 6.07 Å². The molecule has 1 saturated heterocycles. The van der Waals surface area contributed by atoms with Crippen molar-refractivity contribution in [2.75, 3.05) is 5.75 Å². The number of rotatable bonds is 6. The fourth-order valence-corrected chi connectivity index (χ4v) is 4.19. The van der Waals surface area contributed by atoms with Crippen LogP contribution in [0.1, 0.15) is 20.3 Å². The first-order valence-corrected chi connectivity index (χ1v) is 11.2. The zero-order valence-electron chi connectivity index (χ0n) is 18.1. The fourth-order valence-electron chi connectivity index (χ4n) is 3.40. The molecule has 2 aromatic carbocycles. The van der Waals surface area contributed by atoms with Crippen LogP contribution in [0.5, 0.6) is 0 Å². The molecule has 4 amide bonds. The first-order chi connectivity index (χ1) is 16.1. The molecule has 1 atom stereocenters. The van der Waals surface area contributed by atoms with Crippen molar-refractivity contribution < 1.29 is 23.2 Å². The summed E-state index contributed by atoms with van der Waals surface area (Å²) in [5.74, 6) is -3.48. The first kappa shape index (κ1) is 23.4. The lowest BCUT2D eigenvalue weighted by atomic mass is 10.00. The molecular formula is C22H19F2N5O4S. The number of aromatic nitrogens is 2. The molecular weight excluding hydrogens is 468 g/mol. The molecule has 2 N–H and O–H groups in total. The van der Waals surface area contributed by atoms with Gasteiger partial charge in [0, 0.05) is 6.07 Å². The summed E-state index contributed by atoms with van der Waals surface area (Å²) >= 11 is 0.793. The summed E-state index contributed by atoms with van der Waals surface area (Å²) in [7, 11) is 0. The van der Waals surface area contributed by atoms with Crippen molar-refractivity contribution in [3.8, 4) is 5.69 Å². The van der Waals surface area contributed by atoms with Crippen molar-refractivity contribution in [1.82, 2.24) is 25.3 Å². The van der Waals surface area contributed by atoms with Crippen LogP contribution in [-0.4, -0.2) is 43.7 Å². The van der Waals surface area contributed by atoms with E-state index in [1.807, 2.05) is 0 Å².